The van der Waals surface area contributed by atoms with Gasteiger partial charge in [0.2, 0.25) is 0 Å². The van der Waals surface area contributed by atoms with E-state index in [4.69, 9.17) is 0 Å². The van der Waals surface area contributed by atoms with Crippen LogP contribution in [0.4, 0.5) is 0 Å². The van der Waals surface area contributed by atoms with Crippen LogP contribution in [0.2, 0.25) is 0 Å². The Kier molecular flexibility index (Phi) is 4.24. The second-order valence-corrected chi connectivity index (χ2v) is 5.01. The van der Waals surface area contributed by atoms with Crippen LogP contribution in [0.5, 0.6) is 0 Å². The molecule has 1 fully saturated rings. The van der Waals surface area contributed by atoms with Crippen LogP contribution < -0.4 is 5.32 Å². The van der Waals surface area contributed by atoms with Crippen molar-refractivity contribution in [3.8, 4) is 0 Å². The van der Waals surface area contributed by atoms with Gasteiger partial charge in [0.15, 0.2) is 0 Å². The van der Waals surface area contributed by atoms with E-state index in [0.29, 0.717) is 5.54 Å². The Hall–Kier alpha value is -0.0400. The molecule has 0 bridgehead atoms. The lowest BCUT2D eigenvalue weighted by molar-refractivity contribution is 0.219. The molecule has 0 atom stereocenters. The van der Waals surface area contributed by atoms with Crippen LogP contribution in [-0.4, -0.2) is 12.6 Å². The third-order valence-corrected chi connectivity index (χ3v) is 3.77. The van der Waals surface area contributed by atoms with Gasteiger partial charge in [-0.3, -0.25) is 0 Å². The normalized spacial score (nSPS) is 22.4. The van der Waals surface area contributed by atoms with Gasteiger partial charge in [0, 0.05) is 5.54 Å². The molecule has 1 heteroatoms. The van der Waals surface area contributed by atoms with Crippen molar-refractivity contribution in [3.63, 3.8) is 0 Å². The van der Waals surface area contributed by atoms with Gasteiger partial charge in [0.25, 0.3) is 0 Å². The van der Waals surface area contributed by atoms with Crippen LogP contribution in [0.3, 0.4) is 0 Å². The summed E-state index contributed by atoms with van der Waals surface area (Å²) in [7, 11) is 2.10. The largest absolute Gasteiger partial charge is 0.315 e. The Morgan fingerprint density at radius 1 is 0.923 bits per heavy atom. The molecule has 1 nitrogen and oxygen atoms in total. The summed E-state index contributed by atoms with van der Waals surface area (Å²) in [6, 6.07) is 0. The first-order chi connectivity index (χ1) is 6.17. The van der Waals surface area contributed by atoms with Crippen LogP contribution in [0.1, 0.15) is 58.8 Å². The van der Waals surface area contributed by atoms with E-state index < -0.39 is 0 Å². The average Bonchev–Trinajstić information content (AvgIpc) is 2.03. The number of hydrogen-bond donors (Lipinski definition) is 1. The van der Waals surface area contributed by atoms with E-state index in [0.717, 1.165) is 5.92 Å². The highest BCUT2D eigenvalue weighted by Crippen LogP contribution is 2.30. The van der Waals surface area contributed by atoms with Crippen molar-refractivity contribution in [1.29, 1.82) is 0 Å². The highest BCUT2D eigenvalue weighted by molar-refractivity contribution is 4.85. The molecule has 13 heavy (non-hydrogen) atoms. The maximum Gasteiger partial charge on any atom is 0.0150 e. The Bertz CT molecular complexity index is 132. The van der Waals surface area contributed by atoms with Crippen molar-refractivity contribution in [2.45, 2.75) is 64.3 Å². The van der Waals surface area contributed by atoms with E-state index in [-0.39, 0.29) is 0 Å². The molecule has 0 aliphatic heterocycles. The van der Waals surface area contributed by atoms with Crippen molar-refractivity contribution in [1.82, 2.24) is 5.32 Å². The van der Waals surface area contributed by atoms with E-state index in [2.05, 4.69) is 26.2 Å². The molecule has 0 aromatic heterocycles. The highest BCUT2D eigenvalue weighted by atomic mass is 14.9. The third-order valence-electron chi connectivity index (χ3n) is 3.77. The summed E-state index contributed by atoms with van der Waals surface area (Å²) in [6.45, 7) is 4.69. The summed E-state index contributed by atoms with van der Waals surface area (Å²) in [4.78, 5) is 0. The molecule has 1 aliphatic rings. The van der Waals surface area contributed by atoms with Gasteiger partial charge < -0.3 is 5.32 Å². The predicted octanol–water partition coefficient (Wildman–Crippen LogP) is 3.34. The lowest BCUT2D eigenvalue weighted by atomic mass is 9.78. The number of hydrogen-bond acceptors (Lipinski definition) is 1. The van der Waals surface area contributed by atoms with Crippen LogP contribution in [0.25, 0.3) is 0 Å². The summed E-state index contributed by atoms with van der Waals surface area (Å²) in [5, 5.41) is 3.46. The second kappa shape index (κ2) is 4.99. The molecule has 0 spiro atoms. The highest BCUT2D eigenvalue weighted by Gasteiger charge is 2.27. The maximum atomic E-state index is 3.46. The summed E-state index contributed by atoms with van der Waals surface area (Å²) in [5.74, 6) is 0.887. The Morgan fingerprint density at radius 2 is 1.38 bits per heavy atom. The van der Waals surface area contributed by atoms with Crippen molar-refractivity contribution in [3.05, 3.63) is 0 Å². The van der Waals surface area contributed by atoms with Gasteiger partial charge in [-0.05, 0) is 39.7 Å². The first kappa shape index (κ1) is 11.0. The van der Waals surface area contributed by atoms with Gasteiger partial charge in [-0.1, -0.05) is 32.1 Å². The quantitative estimate of drug-likeness (QED) is 0.692. The predicted molar refractivity (Wildman–Crippen MR) is 58.9 cm³/mol. The Balaban J connectivity index is 2.45. The molecule has 1 rings (SSSR count). The van der Waals surface area contributed by atoms with Gasteiger partial charge in [-0.15, -0.1) is 0 Å². The Morgan fingerprint density at radius 3 is 1.85 bits per heavy atom. The van der Waals surface area contributed by atoms with Crippen molar-refractivity contribution in [2.75, 3.05) is 7.05 Å². The molecule has 1 aliphatic carbocycles. The molecule has 1 saturated carbocycles. The van der Waals surface area contributed by atoms with Crippen LogP contribution >= 0.6 is 0 Å². The topological polar surface area (TPSA) is 12.0 Å². The smallest absolute Gasteiger partial charge is 0.0150 e. The molecular formula is C12H25N. The first-order valence-corrected chi connectivity index (χ1v) is 5.86. The minimum absolute atomic E-state index is 0.345. The van der Waals surface area contributed by atoms with Crippen LogP contribution in [0, 0.1) is 5.92 Å². The fourth-order valence-corrected chi connectivity index (χ4v) is 2.38. The zero-order valence-electron chi connectivity index (χ0n) is 9.53. The summed E-state index contributed by atoms with van der Waals surface area (Å²) < 4.78 is 0. The van der Waals surface area contributed by atoms with Crippen molar-refractivity contribution < 1.29 is 0 Å². The van der Waals surface area contributed by atoms with Crippen molar-refractivity contribution >= 4 is 0 Å². The van der Waals surface area contributed by atoms with E-state index >= 15 is 0 Å². The van der Waals surface area contributed by atoms with Gasteiger partial charge in [-0.2, -0.15) is 0 Å². The van der Waals surface area contributed by atoms with E-state index in [9.17, 15) is 0 Å². The second-order valence-electron chi connectivity index (χ2n) is 5.01. The summed E-state index contributed by atoms with van der Waals surface area (Å²) >= 11 is 0. The van der Waals surface area contributed by atoms with E-state index in [1.165, 1.54) is 44.9 Å². The van der Waals surface area contributed by atoms with Gasteiger partial charge in [0.05, 0.1) is 0 Å². The maximum absolute atomic E-state index is 3.46. The lowest BCUT2D eigenvalue weighted by Gasteiger charge is -2.35. The fraction of sp³-hybridized carbons (Fsp3) is 1.00. The SMILES string of the molecule is CNC(C)(C)C1CCCCCCC1. The van der Waals surface area contributed by atoms with E-state index in [1.807, 2.05) is 0 Å². The molecule has 0 saturated heterocycles. The third kappa shape index (κ3) is 3.30. The molecule has 0 amide bonds. The summed E-state index contributed by atoms with van der Waals surface area (Å²) in [5.41, 5.74) is 0.345. The number of nitrogens with one attached hydrogen (secondary N) is 1. The fourth-order valence-electron chi connectivity index (χ4n) is 2.38. The average molecular weight is 183 g/mol. The first-order valence-electron chi connectivity index (χ1n) is 5.86. The molecule has 0 aromatic carbocycles. The molecular weight excluding hydrogens is 158 g/mol. The monoisotopic (exact) mass is 183 g/mol. The zero-order valence-corrected chi connectivity index (χ0v) is 9.53. The lowest BCUT2D eigenvalue weighted by Crippen LogP contribution is -2.44. The molecule has 1 N–H and O–H groups in total. The van der Waals surface area contributed by atoms with Gasteiger partial charge in [0.1, 0.15) is 0 Å². The zero-order chi connectivity index (χ0) is 9.73. The van der Waals surface area contributed by atoms with Gasteiger partial charge >= 0.3 is 0 Å². The molecule has 0 unspecified atom stereocenters. The molecule has 0 radical (unpaired) electrons. The number of rotatable bonds is 2. The van der Waals surface area contributed by atoms with Crippen LogP contribution in [-0.2, 0) is 0 Å². The van der Waals surface area contributed by atoms with Gasteiger partial charge in [-0.25, -0.2) is 0 Å². The molecule has 78 valence electrons. The molecule has 0 heterocycles. The minimum atomic E-state index is 0.345. The standard InChI is InChI=1S/C12H25N/c1-12(2,13-3)11-9-7-5-4-6-8-10-11/h11,13H,4-10H2,1-3H3. The molecule has 0 aromatic rings. The minimum Gasteiger partial charge on any atom is -0.315 e. The Labute approximate surface area is 83.3 Å². The summed E-state index contributed by atoms with van der Waals surface area (Å²) in [6.07, 6.45) is 10.1. The van der Waals surface area contributed by atoms with Crippen molar-refractivity contribution in [2.24, 2.45) is 5.92 Å². The van der Waals surface area contributed by atoms with E-state index in [1.54, 1.807) is 0 Å². The van der Waals surface area contributed by atoms with Crippen LogP contribution in [0.15, 0.2) is 0 Å².